The molecule has 6 rings (SSSR count). The van der Waals surface area contributed by atoms with E-state index >= 15 is 0 Å². The molecule has 0 bridgehead atoms. The van der Waals surface area contributed by atoms with E-state index < -0.39 is 78.6 Å². The summed E-state index contributed by atoms with van der Waals surface area (Å²) in [4.78, 5) is -2.50. The van der Waals surface area contributed by atoms with Crippen molar-refractivity contribution in [1.29, 1.82) is 0 Å². The van der Waals surface area contributed by atoms with E-state index in [1.807, 2.05) is 0 Å². The number of rotatable bonds is 12. The molecule has 0 unspecified atom stereocenters. The molecule has 0 fully saturated rings. The maximum absolute atomic E-state index is 12.6. The second kappa shape index (κ2) is 21.3. The molecule has 0 amide bonds. The first-order valence-electron chi connectivity index (χ1n) is 16.5. The van der Waals surface area contributed by atoms with Gasteiger partial charge in [0.15, 0.2) is 5.75 Å². The number of nitrogen functional groups attached to an aromatic ring is 2. The zero-order valence-corrected chi connectivity index (χ0v) is 42.2. The molecule has 0 aromatic heterocycles. The van der Waals surface area contributed by atoms with Crippen LogP contribution in [0.15, 0.2) is 136 Å². The Labute approximate surface area is 425 Å². The first-order chi connectivity index (χ1) is 28.2. The van der Waals surface area contributed by atoms with Gasteiger partial charge in [0.05, 0.1) is 41.6 Å². The smallest absolute Gasteiger partial charge is 0.296 e. The van der Waals surface area contributed by atoms with Crippen LogP contribution in [0.4, 0.5) is 45.5 Å². The summed E-state index contributed by atoms with van der Waals surface area (Å²) < 4.78 is 113. The molecule has 6 aromatic rings. The Bertz CT molecular complexity index is 3160. The number of methoxy groups -OCH3 is 2. The summed E-state index contributed by atoms with van der Waals surface area (Å²) in [6, 6.07) is 19.5. The van der Waals surface area contributed by atoms with Gasteiger partial charge in [0.1, 0.15) is 55.5 Å². The van der Waals surface area contributed by atoms with Crippen LogP contribution in [0.2, 0.25) is 0 Å². The molecule has 0 aliphatic rings. The molecule has 0 atom stereocenters. The maximum Gasteiger partial charge on any atom is 0.296 e. The van der Waals surface area contributed by atoms with Crippen molar-refractivity contribution >= 4 is 175 Å². The number of benzene rings is 6. The van der Waals surface area contributed by atoms with Crippen LogP contribution in [0.3, 0.4) is 0 Å². The van der Waals surface area contributed by atoms with Crippen LogP contribution in [0.25, 0.3) is 21.9 Å². The molecule has 63 heavy (non-hydrogen) atoms. The predicted molar refractivity (Wildman–Crippen MR) is 233 cm³/mol. The number of hydrogen-bond donors (Lipinski definition) is 7. The van der Waals surface area contributed by atoms with Crippen LogP contribution in [0.5, 0.6) is 23.0 Å². The third-order valence-electron chi connectivity index (χ3n) is 8.50. The molecule has 0 spiro atoms. The number of ether oxygens (including phenoxy) is 2. The molecular weight excluding hydrogens is 918 g/mol. The van der Waals surface area contributed by atoms with Gasteiger partial charge < -0.3 is 31.2 Å². The van der Waals surface area contributed by atoms with Crippen molar-refractivity contribution in [3.8, 4) is 34.1 Å². The summed E-state index contributed by atoms with van der Waals surface area (Å²) in [5, 5.41) is 44.0. The van der Waals surface area contributed by atoms with E-state index in [1.54, 1.807) is 30.3 Å². The molecule has 9 N–H and O–H groups in total. The van der Waals surface area contributed by atoms with E-state index in [0.29, 0.717) is 34.3 Å². The zero-order valence-electron chi connectivity index (χ0n) is 33.7. The van der Waals surface area contributed by atoms with E-state index in [1.165, 1.54) is 38.5 Å². The fourth-order valence-corrected chi connectivity index (χ4v) is 7.43. The van der Waals surface area contributed by atoms with E-state index in [9.17, 15) is 49.1 Å². The fraction of sp³-hybridized carbons (Fsp3) is 0.0556. The Kier molecular flexibility index (Phi) is 18.0. The number of nitrogens with two attached hydrogens (primary N) is 2. The van der Waals surface area contributed by atoms with Gasteiger partial charge >= 0.3 is 0 Å². The minimum absolute atomic E-state index is 0. The van der Waals surface area contributed by atoms with Gasteiger partial charge in [-0.25, -0.2) is 0 Å². The number of anilines is 2. The van der Waals surface area contributed by atoms with Crippen LogP contribution >= 0.6 is 0 Å². The van der Waals surface area contributed by atoms with Gasteiger partial charge in [0.25, 0.3) is 30.4 Å². The first kappa shape index (κ1) is 53.2. The van der Waals surface area contributed by atoms with Crippen molar-refractivity contribution in [2.45, 2.75) is 14.7 Å². The number of aromatic hydroxyl groups is 2. The normalized spacial score (nSPS) is 12.0. The number of hydrogen-bond acceptors (Lipinski definition) is 18. The van der Waals surface area contributed by atoms with Crippen molar-refractivity contribution < 1.29 is 58.6 Å². The van der Waals surface area contributed by atoms with Crippen molar-refractivity contribution in [2.75, 3.05) is 25.7 Å². The summed E-state index contributed by atoms with van der Waals surface area (Å²) in [6.45, 7) is 0. The molecule has 3 radical (unpaired) electrons. The van der Waals surface area contributed by atoms with Gasteiger partial charge in [0, 0.05) is 94.7 Å². The molecule has 0 aliphatic carbocycles. The maximum atomic E-state index is 12.6. The Morgan fingerprint density at radius 2 is 0.984 bits per heavy atom. The second-order valence-electron chi connectivity index (χ2n) is 12.3. The average molecular weight is 948 g/mol. The van der Waals surface area contributed by atoms with Gasteiger partial charge in [-0.05, 0) is 89.3 Å². The quantitative estimate of drug-likeness (QED) is 0.0283. The van der Waals surface area contributed by atoms with Crippen LogP contribution in [-0.4, -0.2) is 152 Å². The standard InChI is InChI=1S/C36H30N8O13S3.3Na/c1-56-28-13-18(3-10-26(28)41-40-25-12-7-22(45)17-24(25)37)19-4-11-27(29(14-19)57-2)42-43-34-30(59(50,51)52)15-20-16-31(60(53,54)55)35(36(46)32(20)33(34)38)44-39-21-5-8-23(9-6-21)58(47,48)49;;;/h3-17,45-46H,37-38H2,1-2H3,(H,47,48,49)(H,50,51,52)(H,53,54,55);;;. The first-order valence-corrected chi connectivity index (χ1v) is 20.9. The Morgan fingerprint density at radius 3 is 1.46 bits per heavy atom. The number of phenols is 2. The van der Waals surface area contributed by atoms with Crippen molar-refractivity contribution in [2.24, 2.45) is 30.7 Å². The summed E-state index contributed by atoms with van der Waals surface area (Å²) in [6.07, 6.45) is 0. The van der Waals surface area contributed by atoms with E-state index in [-0.39, 0.29) is 117 Å². The minimum atomic E-state index is -5.21. The van der Waals surface area contributed by atoms with Crippen LogP contribution in [0.1, 0.15) is 0 Å². The predicted octanol–water partition coefficient (Wildman–Crippen LogP) is 6.94. The average Bonchev–Trinajstić information content (AvgIpc) is 3.18. The number of fused-ring (bicyclic) bond motifs is 1. The van der Waals surface area contributed by atoms with Gasteiger partial charge in [-0.2, -0.15) is 30.4 Å². The van der Waals surface area contributed by atoms with Crippen molar-refractivity contribution in [1.82, 2.24) is 0 Å². The molecule has 27 heteroatoms. The second-order valence-corrected chi connectivity index (χ2v) is 16.5. The van der Waals surface area contributed by atoms with Gasteiger partial charge in [-0.15, -0.1) is 25.6 Å². The third-order valence-corrected chi connectivity index (χ3v) is 11.1. The molecule has 313 valence electrons. The van der Waals surface area contributed by atoms with E-state index in [4.69, 9.17) is 20.9 Å². The van der Waals surface area contributed by atoms with Gasteiger partial charge in [-0.3, -0.25) is 13.7 Å². The zero-order chi connectivity index (χ0) is 43.7. The van der Waals surface area contributed by atoms with Crippen LogP contribution in [0, 0.1) is 0 Å². The number of phenolic OH excluding ortho intramolecular Hbond substituents is 2. The topological polar surface area (TPSA) is 348 Å². The monoisotopic (exact) mass is 947 g/mol. The number of nitrogens with zero attached hydrogens (tertiary/aromatic N) is 6. The molecule has 0 saturated carbocycles. The van der Waals surface area contributed by atoms with Crippen molar-refractivity contribution in [3.63, 3.8) is 0 Å². The number of azo groups is 3. The Hall–Kier alpha value is -4.09. The van der Waals surface area contributed by atoms with E-state index in [0.717, 1.165) is 30.3 Å². The Morgan fingerprint density at radius 1 is 0.524 bits per heavy atom. The summed E-state index contributed by atoms with van der Waals surface area (Å²) in [7, 11) is -12.2. The minimum Gasteiger partial charge on any atom is -0.508 e. The van der Waals surface area contributed by atoms with Crippen LogP contribution in [-0.2, 0) is 30.4 Å². The third kappa shape index (κ3) is 12.2. The summed E-state index contributed by atoms with van der Waals surface area (Å²) in [5.41, 5.74) is 12.1. The van der Waals surface area contributed by atoms with Crippen LogP contribution < -0.4 is 20.9 Å². The van der Waals surface area contributed by atoms with E-state index in [2.05, 4.69) is 30.7 Å². The molecule has 6 aromatic carbocycles. The Balaban J connectivity index is 0.00000352. The molecule has 21 nitrogen and oxygen atoms in total. The SMILES string of the molecule is COc1cc(-c2ccc(N=Nc3c(S(=O)(=O)O)cc4cc(S(=O)(=O)O)c(N=Nc5ccc(S(=O)(=O)O)cc5)c(O)c4c3N)c(OC)c2)ccc1N=Nc1ccc(O)cc1N.[Na].[Na].[Na]. The molecule has 0 aliphatic heterocycles. The molecule has 0 heterocycles. The summed E-state index contributed by atoms with van der Waals surface area (Å²) >= 11 is 0. The van der Waals surface area contributed by atoms with Gasteiger partial charge in [-0.1, -0.05) is 12.1 Å². The molecular formula is C36H30N8Na3O13S3. The van der Waals surface area contributed by atoms with Crippen molar-refractivity contribution in [3.05, 3.63) is 91.0 Å². The molecule has 0 saturated heterocycles. The largest absolute Gasteiger partial charge is 0.508 e. The fourth-order valence-electron chi connectivity index (χ4n) is 5.62. The van der Waals surface area contributed by atoms with Gasteiger partial charge in [0.2, 0.25) is 0 Å². The summed E-state index contributed by atoms with van der Waals surface area (Å²) in [5.74, 6) is -0.584.